The average Bonchev–Trinajstić information content (AvgIpc) is 2.71. The number of aliphatic hydroxyl groups is 1. The maximum absolute atomic E-state index is 12.0. The molecule has 0 spiro atoms. The molecule has 1 amide bonds. The summed E-state index contributed by atoms with van der Waals surface area (Å²) in [6, 6.07) is -0.412. The molecule has 0 aliphatic heterocycles. The standard InChI is InChI=1S/C13H26N2O2/c1-3-4-7-11(14)12(16)15(2)10-13(17)8-5-6-9-13/h11,17H,3-10,14H2,1-2H3/t11-/m0/s1. The number of carbonyl (C=O) groups is 1. The molecule has 0 radical (unpaired) electrons. The van der Waals surface area contributed by atoms with Gasteiger partial charge in [-0.15, -0.1) is 0 Å². The minimum Gasteiger partial charge on any atom is -0.388 e. The number of likely N-dealkylation sites (N-methyl/N-ethyl adjacent to an activating group) is 1. The van der Waals surface area contributed by atoms with Crippen molar-refractivity contribution in [3.63, 3.8) is 0 Å². The van der Waals surface area contributed by atoms with Gasteiger partial charge in [0.15, 0.2) is 0 Å². The lowest BCUT2D eigenvalue weighted by Gasteiger charge is -2.30. The molecule has 0 aromatic rings. The Hall–Kier alpha value is -0.610. The van der Waals surface area contributed by atoms with Gasteiger partial charge in [-0.05, 0) is 19.3 Å². The summed E-state index contributed by atoms with van der Waals surface area (Å²) in [4.78, 5) is 13.6. The highest BCUT2D eigenvalue weighted by atomic mass is 16.3. The Morgan fingerprint density at radius 3 is 2.59 bits per heavy atom. The largest absolute Gasteiger partial charge is 0.388 e. The van der Waals surface area contributed by atoms with Crippen LogP contribution in [-0.4, -0.2) is 41.1 Å². The molecule has 0 aromatic carbocycles. The number of hydrogen-bond donors (Lipinski definition) is 2. The molecule has 1 saturated carbocycles. The lowest BCUT2D eigenvalue weighted by Crippen LogP contribution is -2.48. The molecule has 17 heavy (non-hydrogen) atoms. The summed E-state index contributed by atoms with van der Waals surface area (Å²) in [5, 5.41) is 10.2. The molecular weight excluding hydrogens is 216 g/mol. The lowest BCUT2D eigenvalue weighted by atomic mass is 10.0. The van der Waals surface area contributed by atoms with Gasteiger partial charge in [0, 0.05) is 13.6 Å². The van der Waals surface area contributed by atoms with Gasteiger partial charge < -0.3 is 15.7 Å². The molecule has 1 atom stereocenters. The van der Waals surface area contributed by atoms with Crippen LogP contribution in [0.25, 0.3) is 0 Å². The second-order valence-electron chi connectivity index (χ2n) is 5.37. The molecular formula is C13H26N2O2. The Morgan fingerprint density at radius 2 is 2.06 bits per heavy atom. The van der Waals surface area contributed by atoms with Crippen LogP contribution in [0.15, 0.2) is 0 Å². The molecule has 0 bridgehead atoms. The van der Waals surface area contributed by atoms with E-state index in [0.717, 1.165) is 44.9 Å². The fourth-order valence-corrected chi connectivity index (χ4v) is 2.54. The highest BCUT2D eigenvalue weighted by Gasteiger charge is 2.34. The molecule has 100 valence electrons. The van der Waals surface area contributed by atoms with Gasteiger partial charge in [0.25, 0.3) is 0 Å². The zero-order valence-corrected chi connectivity index (χ0v) is 11.1. The fraction of sp³-hybridized carbons (Fsp3) is 0.923. The molecule has 1 aliphatic carbocycles. The van der Waals surface area contributed by atoms with Gasteiger partial charge >= 0.3 is 0 Å². The van der Waals surface area contributed by atoms with Crippen LogP contribution in [0, 0.1) is 0 Å². The van der Waals surface area contributed by atoms with Crippen LogP contribution in [0.1, 0.15) is 51.9 Å². The van der Waals surface area contributed by atoms with Crippen molar-refractivity contribution in [2.45, 2.75) is 63.5 Å². The monoisotopic (exact) mass is 242 g/mol. The van der Waals surface area contributed by atoms with Crippen molar-refractivity contribution in [3.8, 4) is 0 Å². The summed E-state index contributed by atoms with van der Waals surface area (Å²) in [6.45, 7) is 2.51. The number of nitrogens with zero attached hydrogens (tertiary/aromatic N) is 1. The molecule has 1 rings (SSSR count). The number of amides is 1. The fourth-order valence-electron chi connectivity index (χ4n) is 2.54. The van der Waals surface area contributed by atoms with Crippen molar-refractivity contribution < 1.29 is 9.90 Å². The SMILES string of the molecule is CCCC[C@H](N)C(=O)N(C)CC1(O)CCCC1. The number of hydrogen-bond acceptors (Lipinski definition) is 3. The first kappa shape index (κ1) is 14.5. The van der Waals surface area contributed by atoms with E-state index in [4.69, 9.17) is 5.73 Å². The van der Waals surface area contributed by atoms with Crippen LogP contribution in [0.2, 0.25) is 0 Å². The molecule has 4 heteroatoms. The predicted octanol–water partition coefficient (Wildman–Crippen LogP) is 1.27. The number of unbranched alkanes of at least 4 members (excludes halogenated alkanes) is 1. The second-order valence-corrected chi connectivity index (χ2v) is 5.37. The van der Waals surface area contributed by atoms with Gasteiger partial charge in [-0.2, -0.15) is 0 Å². The summed E-state index contributed by atoms with van der Waals surface area (Å²) in [7, 11) is 1.74. The number of carbonyl (C=O) groups excluding carboxylic acids is 1. The van der Waals surface area contributed by atoms with Crippen LogP contribution >= 0.6 is 0 Å². The van der Waals surface area contributed by atoms with Crippen LogP contribution < -0.4 is 5.73 Å². The summed E-state index contributed by atoms with van der Waals surface area (Å²) in [5.41, 5.74) is 5.18. The normalized spacial score (nSPS) is 20.2. The molecule has 0 heterocycles. The first-order chi connectivity index (χ1) is 7.98. The highest BCUT2D eigenvalue weighted by Crippen LogP contribution is 2.30. The Bertz CT molecular complexity index is 250. The maximum Gasteiger partial charge on any atom is 0.239 e. The van der Waals surface area contributed by atoms with E-state index in [1.807, 2.05) is 0 Å². The van der Waals surface area contributed by atoms with Crippen molar-refractivity contribution in [2.75, 3.05) is 13.6 Å². The van der Waals surface area contributed by atoms with Gasteiger partial charge in [-0.1, -0.05) is 32.6 Å². The average molecular weight is 242 g/mol. The second kappa shape index (κ2) is 6.36. The number of nitrogens with two attached hydrogens (primary N) is 1. The third-order valence-corrected chi connectivity index (χ3v) is 3.63. The summed E-state index contributed by atoms with van der Waals surface area (Å²) < 4.78 is 0. The third kappa shape index (κ3) is 4.28. The van der Waals surface area contributed by atoms with Crippen LogP contribution in [0.4, 0.5) is 0 Å². The van der Waals surface area contributed by atoms with Crippen molar-refractivity contribution in [1.29, 1.82) is 0 Å². The molecule has 3 N–H and O–H groups in total. The summed E-state index contributed by atoms with van der Waals surface area (Å²) in [6.07, 6.45) is 6.47. The number of rotatable bonds is 6. The molecule has 0 aromatic heterocycles. The lowest BCUT2D eigenvalue weighted by molar-refractivity contribution is -0.134. The van der Waals surface area contributed by atoms with Crippen LogP contribution in [-0.2, 0) is 4.79 Å². The maximum atomic E-state index is 12.0. The predicted molar refractivity (Wildman–Crippen MR) is 68.6 cm³/mol. The van der Waals surface area contributed by atoms with E-state index in [0.29, 0.717) is 6.54 Å². The zero-order valence-electron chi connectivity index (χ0n) is 11.1. The molecule has 0 unspecified atom stereocenters. The Kier molecular flexibility index (Phi) is 5.40. The van der Waals surface area contributed by atoms with Crippen molar-refractivity contribution >= 4 is 5.91 Å². The first-order valence-electron chi connectivity index (χ1n) is 6.71. The van der Waals surface area contributed by atoms with Gasteiger partial charge in [0.2, 0.25) is 5.91 Å². The Morgan fingerprint density at radius 1 is 1.47 bits per heavy atom. The van der Waals surface area contributed by atoms with Crippen molar-refractivity contribution in [1.82, 2.24) is 4.90 Å². The Labute approximate surface area is 104 Å². The van der Waals surface area contributed by atoms with Gasteiger partial charge in [-0.3, -0.25) is 4.79 Å². The quantitative estimate of drug-likeness (QED) is 0.737. The zero-order chi connectivity index (χ0) is 12.9. The minimum atomic E-state index is -0.672. The summed E-state index contributed by atoms with van der Waals surface area (Å²) >= 11 is 0. The van der Waals surface area contributed by atoms with E-state index in [1.165, 1.54) is 0 Å². The summed E-state index contributed by atoms with van der Waals surface area (Å²) in [5.74, 6) is -0.0428. The topological polar surface area (TPSA) is 66.6 Å². The van der Waals surface area contributed by atoms with Crippen molar-refractivity contribution in [2.24, 2.45) is 5.73 Å². The van der Waals surface area contributed by atoms with E-state index < -0.39 is 11.6 Å². The smallest absolute Gasteiger partial charge is 0.239 e. The molecule has 1 aliphatic rings. The van der Waals surface area contributed by atoms with E-state index in [9.17, 15) is 9.90 Å². The van der Waals surface area contributed by atoms with E-state index in [2.05, 4.69) is 6.92 Å². The van der Waals surface area contributed by atoms with E-state index >= 15 is 0 Å². The van der Waals surface area contributed by atoms with Gasteiger partial charge in [0.1, 0.15) is 0 Å². The third-order valence-electron chi connectivity index (χ3n) is 3.63. The highest BCUT2D eigenvalue weighted by molar-refractivity contribution is 5.81. The van der Waals surface area contributed by atoms with Crippen LogP contribution in [0.3, 0.4) is 0 Å². The molecule has 1 fully saturated rings. The molecule has 4 nitrogen and oxygen atoms in total. The Balaban J connectivity index is 2.40. The van der Waals surface area contributed by atoms with Gasteiger partial charge in [-0.25, -0.2) is 0 Å². The minimum absolute atomic E-state index is 0.0428. The first-order valence-corrected chi connectivity index (χ1v) is 6.71. The van der Waals surface area contributed by atoms with Crippen molar-refractivity contribution in [3.05, 3.63) is 0 Å². The van der Waals surface area contributed by atoms with Gasteiger partial charge in [0.05, 0.1) is 11.6 Å². The molecule has 0 saturated heterocycles. The van der Waals surface area contributed by atoms with E-state index in [-0.39, 0.29) is 5.91 Å². The van der Waals surface area contributed by atoms with Crippen LogP contribution in [0.5, 0.6) is 0 Å². The van der Waals surface area contributed by atoms with E-state index in [1.54, 1.807) is 11.9 Å².